The average Bonchev–Trinajstić information content (AvgIpc) is 2.88. The number of aryl methyl sites for hydroxylation is 2. The maximum Gasteiger partial charge on any atom is 0.0682 e. The van der Waals surface area contributed by atoms with Crippen LogP contribution < -0.4 is 0 Å². The summed E-state index contributed by atoms with van der Waals surface area (Å²) in [6.45, 7) is 1.01. The quantitative estimate of drug-likeness (QED) is 0.775. The fourth-order valence-corrected chi connectivity index (χ4v) is 2.32. The van der Waals surface area contributed by atoms with Crippen molar-refractivity contribution in [1.82, 2.24) is 9.55 Å². The number of aliphatic hydroxyl groups excluding tert-OH is 1. The normalized spacial score (nSPS) is 11.0. The van der Waals surface area contributed by atoms with Crippen molar-refractivity contribution in [2.24, 2.45) is 0 Å². The zero-order valence-electron chi connectivity index (χ0n) is 10.7. The van der Waals surface area contributed by atoms with Gasteiger partial charge in [-0.1, -0.05) is 18.2 Å². The predicted octanol–water partition coefficient (Wildman–Crippen LogP) is 2.77. The highest BCUT2D eigenvalue weighted by molar-refractivity contribution is 5.80. The largest absolute Gasteiger partial charge is 0.392 e. The number of aromatic nitrogens is 2. The first-order chi connectivity index (χ1) is 9.36. The van der Waals surface area contributed by atoms with Crippen LogP contribution in [0.25, 0.3) is 10.9 Å². The van der Waals surface area contributed by atoms with E-state index in [1.165, 1.54) is 16.5 Å². The molecule has 0 atom stereocenters. The van der Waals surface area contributed by atoms with Crippen LogP contribution in [0, 0.1) is 0 Å². The van der Waals surface area contributed by atoms with Crippen molar-refractivity contribution in [1.29, 1.82) is 0 Å². The lowest BCUT2D eigenvalue weighted by Crippen LogP contribution is -2.00. The van der Waals surface area contributed by atoms with Gasteiger partial charge in [-0.2, -0.15) is 0 Å². The van der Waals surface area contributed by atoms with Gasteiger partial charge in [0.1, 0.15) is 0 Å². The van der Waals surface area contributed by atoms with Gasteiger partial charge in [0.2, 0.25) is 0 Å². The maximum absolute atomic E-state index is 9.22. The van der Waals surface area contributed by atoms with Gasteiger partial charge < -0.3 is 9.67 Å². The molecule has 0 aliphatic heterocycles. The Kier molecular flexibility index (Phi) is 3.29. The highest BCUT2D eigenvalue weighted by Crippen LogP contribution is 2.18. The van der Waals surface area contributed by atoms with Crippen molar-refractivity contribution < 1.29 is 5.11 Å². The second kappa shape index (κ2) is 5.24. The summed E-state index contributed by atoms with van der Waals surface area (Å²) in [4.78, 5) is 4.13. The van der Waals surface area contributed by atoms with Crippen LogP contribution >= 0.6 is 0 Å². The van der Waals surface area contributed by atoms with E-state index >= 15 is 0 Å². The minimum absolute atomic E-state index is 0.0870. The van der Waals surface area contributed by atoms with E-state index in [1.54, 1.807) is 6.20 Å². The molecule has 0 radical (unpaired) electrons. The van der Waals surface area contributed by atoms with Crippen LogP contribution in [0.5, 0.6) is 0 Å². The number of pyridine rings is 1. The first-order valence-corrected chi connectivity index (χ1v) is 6.44. The van der Waals surface area contributed by atoms with Gasteiger partial charge in [-0.3, -0.25) is 4.98 Å². The van der Waals surface area contributed by atoms with Crippen molar-refractivity contribution in [3.63, 3.8) is 0 Å². The van der Waals surface area contributed by atoms with Gasteiger partial charge in [-0.15, -0.1) is 0 Å². The molecule has 0 aliphatic carbocycles. The van der Waals surface area contributed by atoms with Crippen molar-refractivity contribution in [3.05, 3.63) is 66.1 Å². The topological polar surface area (TPSA) is 38.0 Å². The van der Waals surface area contributed by atoms with E-state index in [1.807, 2.05) is 18.3 Å². The number of nitrogens with zero attached hydrogens (tertiary/aromatic N) is 2. The number of benzene rings is 1. The molecule has 0 saturated heterocycles. The molecular weight excluding hydrogens is 236 g/mol. The molecule has 0 spiro atoms. The summed E-state index contributed by atoms with van der Waals surface area (Å²) in [5.41, 5.74) is 3.37. The Morgan fingerprint density at radius 3 is 2.84 bits per heavy atom. The molecule has 3 aromatic rings. The maximum atomic E-state index is 9.22. The van der Waals surface area contributed by atoms with Crippen molar-refractivity contribution in [2.45, 2.75) is 19.6 Å². The summed E-state index contributed by atoms with van der Waals surface area (Å²) in [5, 5.41) is 10.4. The zero-order valence-corrected chi connectivity index (χ0v) is 10.7. The van der Waals surface area contributed by atoms with E-state index in [2.05, 4.69) is 40.0 Å². The molecule has 19 heavy (non-hydrogen) atoms. The van der Waals surface area contributed by atoms with Gasteiger partial charge in [0.25, 0.3) is 0 Å². The first-order valence-electron chi connectivity index (χ1n) is 6.44. The third-order valence-electron chi connectivity index (χ3n) is 3.39. The zero-order chi connectivity index (χ0) is 13.1. The smallest absolute Gasteiger partial charge is 0.0682 e. The van der Waals surface area contributed by atoms with E-state index < -0.39 is 0 Å². The lowest BCUT2D eigenvalue weighted by Gasteiger charge is -2.06. The Labute approximate surface area is 112 Å². The average molecular weight is 252 g/mol. The van der Waals surface area contributed by atoms with Gasteiger partial charge in [0, 0.05) is 30.7 Å². The standard InChI is InChI=1S/C16H16N2O/c19-12-14-3-4-15-6-9-18(16(15)10-14)8-5-13-2-1-7-17-11-13/h1-4,6-7,9-11,19H,5,8,12H2. The lowest BCUT2D eigenvalue weighted by molar-refractivity contribution is 0.282. The SMILES string of the molecule is OCc1ccc2ccn(CCc3cccnc3)c2c1. The van der Waals surface area contributed by atoms with E-state index in [9.17, 15) is 5.11 Å². The van der Waals surface area contributed by atoms with E-state index in [0.29, 0.717) is 0 Å². The molecular formula is C16H16N2O. The minimum Gasteiger partial charge on any atom is -0.392 e. The molecule has 2 aromatic heterocycles. The Morgan fingerprint density at radius 2 is 2.05 bits per heavy atom. The highest BCUT2D eigenvalue weighted by Gasteiger charge is 2.02. The summed E-state index contributed by atoms with van der Waals surface area (Å²) < 4.78 is 2.22. The van der Waals surface area contributed by atoms with Crippen LogP contribution in [0.2, 0.25) is 0 Å². The molecule has 0 amide bonds. The molecule has 1 N–H and O–H groups in total. The molecule has 1 aromatic carbocycles. The van der Waals surface area contributed by atoms with Crippen molar-refractivity contribution in [3.8, 4) is 0 Å². The molecule has 3 heteroatoms. The van der Waals surface area contributed by atoms with Gasteiger partial charge in [-0.25, -0.2) is 0 Å². The predicted molar refractivity (Wildman–Crippen MR) is 75.8 cm³/mol. The Bertz CT molecular complexity index is 674. The lowest BCUT2D eigenvalue weighted by atomic mass is 10.1. The summed E-state index contributed by atoms with van der Waals surface area (Å²) in [5.74, 6) is 0. The van der Waals surface area contributed by atoms with Crippen LogP contribution in [0.15, 0.2) is 55.0 Å². The monoisotopic (exact) mass is 252 g/mol. The summed E-state index contributed by atoms with van der Waals surface area (Å²) in [6, 6.07) is 12.2. The van der Waals surface area contributed by atoms with Crippen LogP contribution in [-0.2, 0) is 19.6 Å². The number of rotatable bonds is 4. The Morgan fingerprint density at radius 1 is 1.11 bits per heavy atom. The molecule has 3 nitrogen and oxygen atoms in total. The fraction of sp³-hybridized carbons (Fsp3) is 0.188. The highest BCUT2D eigenvalue weighted by atomic mass is 16.3. The van der Waals surface area contributed by atoms with Crippen LogP contribution in [-0.4, -0.2) is 14.7 Å². The third kappa shape index (κ3) is 2.51. The molecule has 0 unspecified atom stereocenters. The van der Waals surface area contributed by atoms with Gasteiger partial charge in [0.05, 0.1) is 6.61 Å². The second-order valence-corrected chi connectivity index (χ2v) is 4.67. The number of hydrogen-bond donors (Lipinski definition) is 1. The van der Waals surface area contributed by atoms with Crippen LogP contribution in [0.1, 0.15) is 11.1 Å². The molecule has 3 rings (SSSR count). The van der Waals surface area contributed by atoms with E-state index in [4.69, 9.17) is 0 Å². The number of hydrogen-bond acceptors (Lipinski definition) is 2. The molecule has 0 fully saturated rings. The van der Waals surface area contributed by atoms with Crippen LogP contribution in [0.3, 0.4) is 0 Å². The first kappa shape index (κ1) is 11.9. The number of fused-ring (bicyclic) bond motifs is 1. The third-order valence-corrected chi connectivity index (χ3v) is 3.39. The number of aliphatic hydroxyl groups is 1. The molecule has 2 heterocycles. The minimum atomic E-state index is 0.0870. The molecule has 0 bridgehead atoms. The van der Waals surface area contributed by atoms with Gasteiger partial charge >= 0.3 is 0 Å². The van der Waals surface area contributed by atoms with Gasteiger partial charge in [0.15, 0.2) is 0 Å². The van der Waals surface area contributed by atoms with Crippen molar-refractivity contribution in [2.75, 3.05) is 0 Å². The van der Waals surface area contributed by atoms with E-state index in [0.717, 1.165) is 18.5 Å². The van der Waals surface area contributed by atoms with Crippen LogP contribution in [0.4, 0.5) is 0 Å². The molecule has 0 saturated carbocycles. The van der Waals surface area contributed by atoms with Crippen molar-refractivity contribution >= 4 is 10.9 Å². The fourth-order valence-electron chi connectivity index (χ4n) is 2.32. The van der Waals surface area contributed by atoms with E-state index in [-0.39, 0.29) is 6.61 Å². The molecule has 96 valence electrons. The second-order valence-electron chi connectivity index (χ2n) is 4.67. The summed E-state index contributed by atoms with van der Waals surface area (Å²) >= 11 is 0. The summed E-state index contributed by atoms with van der Waals surface area (Å²) in [6.07, 6.45) is 6.76. The Balaban J connectivity index is 1.84. The van der Waals surface area contributed by atoms with Gasteiger partial charge in [-0.05, 0) is 41.1 Å². The Hall–Kier alpha value is -2.13. The molecule has 0 aliphatic rings. The summed E-state index contributed by atoms with van der Waals surface area (Å²) in [7, 11) is 0.